The van der Waals surface area contributed by atoms with Crippen molar-refractivity contribution < 1.29 is 9.53 Å². The van der Waals surface area contributed by atoms with Gasteiger partial charge in [-0.3, -0.25) is 0 Å². The minimum absolute atomic E-state index is 0.186. The van der Waals surface area contributed by atoms with Crippen LogP contribution >= 0.6 is 0 Å². The van der Waals surface area contributed by atoms with E-state index < -0.39 is 5.60 Å². The molecular weight excluding hydrogens is 290 g/mol. The van der Waals surface area contributed by atoms with Crippen LogP contribution in [0.25, 0.3) is 0 Å². The molecule has 1 aromatic carbocycles. The third-order valence-electron chi connectivity index (χ3n) is 4.33. The predicted molar refractivity (Wildman–Crippen MR) is 91.8 cm³/mol. The highest BCUT2D eigenvalue weighted by molar-refractivity contribution is 5.68. The summed E-state index contributed by atoms with van der Waals surface area (Å²) in [5, 5.41) is 6.42. The molecule has 0 saturated heterocycles. The normalized spacial score (nSPS) is 22.7. The Labute approximate surface area is 138 Å². The van der Waals surface area contributed by atoms with Crippen LogP contribution in [-0.4, -0.2) is 37.4 Å². The summed E-state index contributed by atoms with van der Waals surface area (Å²) in [5.74, 6) is 0. The molecule has 5 heteroatoms. The fourth-order valence-corrected chi connectivity index (χ4v) is 3.02. The molecule has 1 heterocycles. The number of hydrogen-bond donors (Lipinski definition) is 2. The number of anilines is 1. The van der Waals surface area contributed by atoms with Crippen molar-refractivity contribution in [3.05, 3.63) is 29.3 Å². The van der Waals surface area contributed by atoms with Crippen LogP contribution in [0, 0.1) is 0 Å². The first-order chi connectivity index (χ1) is 10.8. The quantitative estimate of drug-likeness (QED) is 0.895. The number of carbonyl (C=O) groups excluding carboxylic acids is 1. The highest BCUT2D eigenvalue weighted by Gasteiger charge is 2.38. The van der Waals surface area contributed by atoms with E-state index in [0.717, 1.165) is 25.9 Å². The zero-order chi connectivity index (χ0) is 16.6. The molecule has 3 rings (SSSR count). The molecule has 2 atom stereocenters. The zero-order valence-electron chi connectivity index (χ0n) is 14.5. The Kier molecular flexibility index (Phi) is 4.23. The van der Waals surface area contributed by atoms with Crippen molar-refractivity contribution in [3.8, 4) is 0 Å². The van der Waals surface area contributed by atoms with E-state index in [4.69, 9.17) is 4.74 Å². The lowest BCUT2D eigenvalue weighted by molar-refractivity contribution is 0.0522. The topological polar surface area (TPSA) is 53.6 Å². The average Bonchev–Trinajstić information content (AvgIpc) is 3.07. The molecule has 1 saturated carbocycles. The molecule has 2 unspecified atom stereocenters. The smallest absolute Gasteiger partial charge is 0.407 e. The third-order valence-corrected chi connectivity index (χ3v) is 4.33. The van der Waals surface area contributed by atoms with Crippen molar-refractivity contribution >= 4 is 11.8 Å². The molecule has 1 aliphatic heterocycles. The summed E-state index contributed by atoms with van der Waals surface area (Å²) in [6.45, 7) is 7.58. The van der Waals surface area contributed by atoms with Crippen LogP contribution in [0.4, 0.5) is 10.5 Å². The number of fused-ring (bicyclic) bond motifs is 1. The molecule has 5 nitrogen and oxygen atoms in total. The van der Waals surface area contributed by atoms with Crippen LogP contribution in [-0.2, 0) is 17.7 Å². The van der Waals surface area contributed by atoms with E-state index in [1.807, 2.05) is 20.8 Å². The van der Waals surface area contributed by atoms with Gasteiger partial charge in [0, 0.05) is 37.9 Å². The summed E-state index contributed by atoms with van der Waals surface area (Å²) in [6, 6.07) is 7.23. The van der Waals surface area contributed by atoms with Crippen molar-refractivity contribution in [2.24, 2.45) is 0 Å². The largest absolute Gasteiger partial charge is 0.444 e. The fourth-order valence-electron chi connectivity index (χ4n) is 3.02. The Morgan fingerprint density at radius 2 is 2.13 bits per heavy atom. The maximum absolute atomic E-state index is 11.7. The van der Waals surface area contributed by atoms with Crippen molar-refractivity contribution in [1.29, 1.82) is 0 Å². The monoisotopic (exact) mass is 317 g/mol. The van der Waals surface area contributed by atoms with Crippen molar-refractivity contribution in [2.45, 2.75) is 57.8 Å². The number of likely N-dealkylation sites (N-methyl/N-ethyl adjacent to an activating group) is 1. The van der Waals surface area contributed by atoms with Gasteiger partial charge in [-0.25, -0.2) is 4.79 Å². The van der Waals surface area contributed by atoms with Gasteiger partial charge in [0.25, 0.3) is 0 Å². The Bertz CT molecular complexity index is 594. The van der Waals surface area contributed by atoms with Gasteiger partial charge in [-0.2, -0.15) is 0 Å². The number of alkyl carbamates (subject to hydrolysis) is 1. The molecule has 126 valence electrons. The molecule has 0 radical (unpaired) electrons. The minimum Gasteiger partial charge on any atom is -0.444 e. The Hall–Kier alpha value is -1.75. The summed E-state index contributed by atoms with van der Waals surface area (Å²) >= 11 is 0. The molecule has 2 aliphatic rings. The number of nitrogens with one attached hydrogen (secondary N) is 2. The lowest BCUT2D eigenvalue weighted by atomic mass is 10.1. The number of benzene rings is 1. The van der Waals surface area contributed by atoms with Crippen LogP contribution in [0.3, 0.4) is 0 Å². The molecule has 2 N–H and O–H groups in total. The molecule has 0 aromatic heterocycles. The van der Waals surface area contributed by atoms with E-state index in [1.165, 1.54) is 16.8 Å². The van der Waals surface area contributed by atoms with Crippen LogP contribution < -0.4 is 15.5 Å². The summed E-state index contributed by atoms with van der Waals surface area (Å²) in [7, 11) is 2.14. The summed E-state index contributed by atoms with van der Waals surface area (Å²) in [4.78, 5) is 14.0. The Morgan fingerprint density at radius 1 is 1.35 bits per heavy atom. The van der Waals surface area contributed by atoms with Gasteiger partial charge in [-0.15, -0.1) is 0 Å². The van der Waals surface area contributed by atoms with Gasteiger partial charge in [0.2, 0.25) is 0 Å². The van der Waals surface area contributed by atoms with Gasteiger partial charge < -0.3 is 20.3 Å². The molecule has 1 aromatic rings. The lowest BCUT2D eigenvalue weighted by Gasteiger charge is -2.19. The van der Waals surface area contributed by atoms with Crippen LogP contribution in [0.1, 0.15) is 38.3 Å². The molecule has 0 bridgehead atoms. The van der Waals surface area contributed by atoms with E-state index in [-0.39, 0.29) is 12.1 Å². The number of ether oxygens (including phenoxy) is 1. The Morgan fingerprint density at radius 3 is 2.87 bits per heavy atom. The van der Waals surface area contributed by atoms with Crippen molar-refractivity contribution in [1.82, 2.24) is 10.6 Å². The second-order valence-corrected chi connectivity index (χ2v) is 7.61. The van der Waals surface area contributed by atoms with Crippen LogP contribution in [0.15, 0.2) is 18.2 Å². The molecule has 23 heavy (non-hydrogen) atoms. The zero-order valence-corrected chi connectivity index (χ0v) is 14.5. The highest BCUT2D eigenvalue weighted by atomic mass is 16.6. The predicted octanol–water partition coefficient (Wildman–Crippen LogP) is 2.43. The maximum atomic E-state index is 11.7. The number of rotatable bonds is 4. The van der Waals surface area contributed by atoms with Crippen molar-refractivity contribution in [3.63, 3.8) is 0 Å². The van der Waals surface area contributed by atoms with Gasteiger partial charge >= 0.3 is 6.09 Å². The van der Waals surface area contributed by atoms with Crippen LogP contribution in [0.2, 0.25) is 0 Å². The van der Waals surface area contributed by atoms with Gasteiger partial charge in [0.15, 0.2) is 0 Å². The molecule has 1 aliphatic carbocycles. The second-order valence-electron chi connectivity index (χ2n) is 7.61. The molecule has 1 amide bonds. The van der Waals surface area contributed by atoms with E-state index in [0.29, 0.717) is 6.04 Å². The van der Waals surface area contributed by atoms with E-state index in [9.17, 15) is 4.79 Å². The van der Waals surface area contributed by atoms with Crippen molar-refractivity contribution in [2.75, 3.05) is 18.5 Å². The summed E-state index contributed by atoms with van der Waals surface area (Å²) in [6.07, 6.45) is 1.77. The van der Waals surface area contributed by atoms with Gasteiger partial charge in [0.1, 0.15) is 5.60 Å². The first-order valence-corrected chi connectivity index (χ1v) is 8.38. The number of amides is 1. The number of hydrogen-bond acceptors (Lipinski definition) is 4. The number of carbonyl (C=O) groups is 1. The SMILES string of the molecule is CN1CCc2cc(CNC3CC3NC(=O)OC(C)(C)C)ccc21. The van der Waals surface area contributed by atoms with E-state index in [2.05, 4.69) is 40.8 Å². The van der Waals surface area contributed by atoms with Crippen LogP contribution in [0.5, 0.6) is 0 Å². The molecule has 1 fully saturated rings. The molecular formula is C18H27N3O2. The second kappa shape index (κ2) is 6.04. The summed E-state index contributed by atoms with van der Waals surface area (Å²) in [5.41, 5.74) is 3.65. The molecule has 0 spiro atoms. The maximum Gasteiger partial charge on any atom is 0.407 e. The average molecular weight is 317 g/mol. The third kappa shape index (κ3) is 4.16. The first-order valence-electron chi connectivity index (χ1n) is 8.38. The number of nitrogens with zero attached hydrogens (tertiary/aromatic N) is 1. The van der Waals surface area contributed by atoms with E-state index in [1.54, 1.807) is 0 Å². The van der Waals surface area contributed by atoms with Gasteiger partial charge in [0.05, 0.1) is 0 Å². The fraction of sp³-hybridized carbons (Fsp3) is 0.611. The lowest BCUT2D eigenvalue weighted by Crippen LogP contribution is -2.36. The minimum atomic E-state index is -0.445. The first kappa shape index (κ1) is 16.1. The highest BCUT2D eigenvalue weighted by Crippen LogP contribution is 2.28. The Balaban J connectivity index is 1.43. The summed E-state index contributed by atoms with van der Waals surface area (Å²) < 4.78 is 5.28. The standard InChI is InChI=1S/C18H27N3O2/c1-18(2,3)23-17(22)20-15-10-14(15)19-11-12-5-6-16-13(9-12)7-8-21(16)4/h5-6,9,14-15,19H,7-8,10-11H2,1-4H3,(H,20,22). The van der Waals surface area contributed by atoms with Gasteiger partial charge in [-0.1, -0.05) is 12.1 Å². The van der Waals surface area contributed by atoms with E-state index >= 15 is 0 Å². The van der Waals surface area contributed by atoms with Gasteiger partial charge in [-0.05, 0) is 50.8 Å².